The Morgan fingerprint density at radius 3 is 2.52 bits per heavy atom. The van der Waals surface area contributed by atoms with Crippen molar-refractivity contribution in [2.75, 3.05) is 19.7 Å². The molecule has 4 heteroatoms. The van der Waals surface area contributed by atoms with Gasteiger partial charge in [0.2, 0.25) is 0 Å². The van der Waals surface area contributed by atoms with E-state index in [1.165, 1.54) is 18.4 Å². The van der Waals surface area contributed by atoms with Crippen molar-refractivity contribution in [2.24, 2.45) is 5.92 Å². The number of esters is 1. The van der Waals surface area contributed by atoms with Crippen molar-refractivity contribution < 1.29 is 14.3 Å². The van der Waals surface area contributed by atoms with E-state index in [0.29, 0.717) is 31.6 Å². The van der Waals surface area contributed by atoms with E-state index in [9.17, 15) is 4.79 Å². The highest BCUT2D eigenvalue weighted by Gasteiger charge is 2.22. The molecule has 1 fully saturated rings. The van der Waals surface area contributed by atoms with E-state index in [0.717, 1.165) is 25.1 Å². The smallest absolute Gasteiger partial charge is 0.307 e. The van der Waals surface area contributed by atoms with E-state index in [1.54, 1.807) is 0 Å². The molecule has 0 amide bonds. The van der Waals surface area contributed by atoms with Crippen LogP contribution in [0.3, 0.4) is 0 Å². The van der Waals surface area contributed by atoms with Crippen molar-refractivity contribution in [2.45, 2.75) is 52.1 Å². The third kappa shape index (κ3) is 6.61. The molecule has 1 aromatic carbocycles. The standard InChI is InChI=1S/C19H29NO3/c1-3-22-19(21)12-13-20-14-16-6-10-18(11-7-16)23-17-8-4-15(2)5-9-17/h4-5,8-9,16,18,20H,3,6-7,10-14H2,1-2H3/t16-,18-. The van der Waals surface area contributed by atoms with Crippen molar-refractivity contribution in [3.8, 4) is 5.75 Å². The molecular formula is C19H29NO3. The Morgan fingerprint density at radius 1 is 1.17 bits per heavy atom. The Labute approximate surface area is 139 Å². The SMILES string of the molecule is CCOC(=O)CCNC[C@H]1CC[C@H](Oc2ccc(C)cc2)CC1. The second kappa shape index (κ2) is 9.56. The lowest BCUT2D eigenvalue weighted by molar-refractivity contribution is -0.142. The van der Waals surface area contributed by atoms with Crippen LogP contribution in [0.4, 0.5) is 0 Å². The minimum absolute atomic E-state index is 0.116. The Morgan fingerprint density at radius 2 is 1.87 bits per heavy atom. The fraction of sp³-hybridized carbons (Fsp3) is 0.632. The molecular weight excluding hydrogens is 290 g/mol. The van der Waals surface area contributed by atoms with E-state index in [2.05, 4.69) is 36.5 Å². The maximum absolute atomic E-state index is 11.3. The molecule has 4 nitrogen and oxygen atoms in total. The summed E-state index contributed by atoms with van der Waals surface area (Å²) in [4.78, 5) is 11.3. The predicted octanol–water partition coefficient (Wildman–Crippen LogP) is 3.48. The van der Waals surface area contributed by atoms with Crippen molar-refractivity contribution in [1.82, 2.24) is 5.32 Å². The second-order valence-electron chi connectivity index (χ2n) is 6.33. The topological polar surface area (TPSA) is 47.6 Å². The van der Waals surface area contributed by atoms with Crippen LogP contribution in [0.25, 0.3) is 0 Å². The van der Waals surface area contributed by atoms with Crippen LogP contribution >= 0.6 is 0 Å². The molecule has 128 valence electrons. The molecule has 0 unspecified atom stereocenters. The molecule has 0 radical (unpaired) electrons. The van der Waals surface area contributed by atoms with Crippen molar-refractivity contribution in [1.29, 1.82) is 0 Å². The highest BCUT2D eigenvalue weighted by atomic mass is 16.5. The molecule has 23 heavy (non-hydrogen) atoms. The van der Waals surface area contributed by atoms with Crippen molar-refractivity contribution in [3.05, 3.63) is 29.8 Å². The minimum Gasteiger partial charge on any atom is -0.490 e. The second-order valence-corrected chi connectivity index (χ2v) is 6.33. The van der Waals surface area contributed by atoms with E-state index >= 15 is 0 Å². The zero-order chi connectivity index (χ0) is 16.5. The maximum Gasteiger partial charge on any atom is 0.307 e. The number of hydrogen-bond donors (Lipinski definition) is 1. The Hall–Kier alpha value is -1.55. The van der Waals surface area contributed by atoms with E-state index < -0.39 is 0 Å². The first-order chi connectivity index (χ1) is 11.2. The van der Waals surface area contributed by atoms with E-state index in [-0.39, 0.29) is 5.97 Å². The summed E-state index contributed by atoms with van der Waals surface area (Å²) in [6.07, 6.45) is 5.38. The molecule has 0 aliphatic heterocycles. The molecule has 1 N–H and O–H groups in total. The quantitative estimate of drug-likeness (QED) is 0.589. The first-order valence-corrected chi connectivity index (χ1v) is 8.77. The normalized spacial score (nSPS) is 21.0. The number of rotatable bonds is 8. The van der Waals surface area contributed by atoms with E-state index in [1.807, 2.05) is 6.92 Å². The molecule has 1 saturated carbocycles. The van der Waals surface area contributed by atoms with Crippen LogP contribution in [0.15, 0.2) is 24.3 Å². The first kappa shape index (κ1) is 17.8. The molecule has 0 bridgehead atoms. The fourth-order valence-electron chi connectivity index (χ4n) is 2.99. The number of ether oxygens (including phenoxy) is 2. The van der Waals surface area contributed by atoms with Crippen LogP contribution < -0.4 is 10.1 Å². The van der Waals surface area contributed by atoms with Crippen LogP contribution in [0.1, 0.15) is 44.6 Å². The van der Waals surface area contributed by atoms with E-state index in [4.69, 9.17) is 9.47 Å². The van der Waals surface area contributed by atoms with Gasteiger partial charge in [0.25, 0.3) is 0 Å². The summed E-state index contributed by atoms with van der Waals surface area (Å²) >= 11 is 0. The average Bonchev–Trinajstić information content (AvgIpc) is 2.55. The van der Waals surface area contributed by atoms with Gasteiger partial charge in [-0.05, 0) is 64.1 Å². The fourth-order valence-corrected chi connectivity index (χ4v) is 2.99. The molecule has 0 heterocycles. The van der Waals surface area contributed by atoms with Gasteiger partial charge in [-0.1, -0.05) is 17.7 Å². The summed E-state index contributed by atoms with van der Waals surface area (Å²) in [6, 6.07) is 8.29. The largest absolute Gasteiger partial charge is 0.490 e. The van der Waals surface area contributed by atoms with Crippen LogP contribution in [0, 0.1) is 12.8 Å². The predicted molar refractivity (Wildman–Crippen MR) is 91.7 cm³/mol. The van der Waals surface area contributed by atoms with Crippen LogP contribution in [-0.2, 0) is 9.53 Å². The summed E-state index contributed by atoms with van der Waals surface area (Å²) in [5.74, 6) is 1.55. The summed E-state index contributed by atoms with van der Waals surface area (Å²) < 4.78 is 11.0. The highest BCUT2D eigenvalue weighted by molar-refractivity contribution is 5.69. The van der Waals surface area contributed by atoms with Crippen molar-refractivity contribution >= 4 is 5.97 Å². The monoisotopic (exact) mass is 319 g/mol. The third-order valence-corrected chi connectivity index (χ3v) is 4.36. The lowest BCUT2D eigenvalue weighted by atomic mass is 9.87. The van der Waals surface area contributed by atoms with Gasteiger partial charge in [0.1, 0.15) is 5.75 Å². The minimum atomic E-state index is -0.116. The third-order valence-electron chi connectivity index (χ3n) is 4.36. The lowest BCUT2D eigenvalue weighted by Gasteiger charge is -2.29. The Balaban J connectivity index is 1.58. The summed E-state index contributed by atoms with van der Waals surface area (Å²) in [7, 11) is 0. The molecule has 0 spiro atoms. The highest BCUT2D eigenvalue weighted by Crippen LogP contribution is 2.27. The van der Waals surface area contributed by atoms with Gasteiger partial charge >= 0.3 is 5.97 Å². The number of hydrogen-bond acceptors (Lipinski definition) is 4. The Kier molecular flexibility index (Phi) is 7.40. The molecule has 1 aliphatic carbocycles. The first-order valence-electron chi connectivity index (χ1n) is 8.77. The van der Waals surface area contributed by atoms with Gasteiger partial charge in [-0.2, -0.15) is 0 Å². The molecule has 2 rings (SSSR count). The molecule has 0 aromatic heterocycles. The zero-order valence-corrected chi connectivity index (χ0v) is 14.3. The summed E-state index contributed by atoms with van der Waals surface area (Å²) in [5.41, 5.74) is 1.26. The molecule has 1 aliphatic rings. The van der Waals surface area contributed by atoms with Crippen LogP contribution in [0.2, 0.25) is 0 Å². The van der Waals surface area contributed by atoms with Gasteiger partial charge in [0.15, 0.2) is 0 Å². The number of carbonyl (C=O) groups excluding carboxylic acids is 1. The van der Waals surface area contributed by atoms with Crippen LogP contribution in [-0.4, -0.2) is 31.8 Å². The lowest BCUT2D eigenvalue weighted by Crippen LogP contribution is -2.31. The van der Waals surface area contributed by atoms with Crippen molar-refractivity contribution in [3.63, 3.8) is 0 Å². The summed E-state index contributed by atoms with van der Waals surface area (Å²) in [5, 5.41) is 3.37. The average molecular weight is 319 g/mol. The van der Waals surface area contributed by atoms with Gasteiger partial charge in [0, 0.05) is 6.54 Å². The number of nitrogens with one attached hydrogen (secondary N) is 1. The molecule has 0 atom stereocenters. The number of carbonyl (C=O) groups is 1. The zero-order valence-electron chi connectivity index (χ0n) is 14.3. The number of aryl methyl sites for hydroxylation is 1. The van der Waals surface area contributed by atoms with Crippen LogP contribution in [0.5, 0.6) is 5.75 Å². The van der Waals surface area contributed by atoms with Gasteiger partial charge in [0.05, 0.1) is 19.1 Å². The van der Waals surface area contributed by atoms with Gasteiger partial charge < -0.3 is 14.8 Å². The number of benzene rings is 1. The summed E-state index contributed by atoms with van der Waals surface area (Å²) in [6.45, 7) is 6.07. The van der Waals surface area contributed by atoms with Gasteiger partial charge in [-0.3, -0.25) is 4.79 Å². The molecule has 1 aromatic rings. The van der Waals surface area contributed by atoms with Gasteiger partial charge in [-0.25, -0.2) is 0 Å². The Bertz CT molecular complexity index is 464. The molecule has 0 saturated heterocycles. The maximum atomic E-state index is 11.3. The van der Waals surface area contributed by atoms with Gasteiger partial charge in [-0.15, -0.1) is 0 Å².